The number of hydrogen-bond acceptors (Lipinski definition) is 2. The van der Waals surface area contributed by atoms with Crippen LogP contribution >= 0.6 is 0 Å². The number of rotatable bonds is 5. The Labute approximate surface area is 120 Å². The Morgan fingerprint density at radius 2 is 1.75 bits per heavy atom. The van der Waals surface area contributed by atoms with Crippen LogP contribution in [0.5, 0.6) is 5.75 Å². The van der Waals surface area contributed by atoms with Crippen LogP contribution in [0.15, 0.2) is 48.5 Å². The summed E-state index contributed by atoms with van der Waals surface area (Å²) in [6.07, 6.45) is 0. The average molecular weight is 268 g/mol. The third-order valence-electron chi connectivity index (χ3n) is 2.98. The minimum absolute atomic E-state index is 0.0455. The fraction of sp³-hybridized carbons (Fsp3) is 0.278. The number of aryl methyl sites for hydroxylation is 1. The number of carbonyl (C=O) groups excluding carboxylic acids is 1. The van der Waals surface area contributed by atoms with Crippen molar-refractivity contribution in [2.75, 3.05) is 6.61 Å². The second-order valence-electron chi connectivity index (χ2n) is 5.43. The average Bonchev–Trinajstić information content (AvgIpc) is 2.45. The van der Waals surface area contributed by atoms with E-state index in [1.165, 1.54) is 0 Å². The van der Waals surface area contributed by atoms with E-state index in [4.69, 9.17) is 4.74 Å². The van der Waals surface area contributed by atoms with Crippen LogP contribution in [0.25, 0.3) is 0 Å². The maximum absolute atomic E-state index is 12.3. The quantitative estimate of drug-likeness (QED) is 0.757. The molecule has 0 amide bonds. The van der Waals surface area contributed by atoms with Crippen LogP contribution in [0.4, 0.5) is 0 Å². The molecule has 0 fully saturated rings. The SMILES string of the molecule is Cc1cccc(C(=O)c2ccc(OCC(C)C)cc2)c1. The van der Waals surface area contributed by atoms with Gasteiger partial charge in [-0.25, -0.2) is 0 Å². The molecule has 2 heteroatoms. The first-order valence-electron chi connectivity index (χ1n) is 6.90. The van der Waals surface area contributed by atoms with Crippen LogP contribution in [0.1, 0.15) is 35.3 Å². The molecule has 2 aromatic rings. The number of carbonyl (C=O) groups is 1. The van der Waals surface area contributed by atoms with Crippen LogP contribution in [0.2, 0.25) is 0 Å². The Kier molecular flexibility index (Phi) is 4.57. The molecule has 0 saturated carbocycles. The van der Waals surface area contributed by atoms with E-state index in [9.17, 15) is 4.79 Å². The molecule has 0 heterocycles. The molecule has 2 nitrogen and oxygen atoms in total. The van der Waals surface area contributed by atoms with Gasteiger partial charge in [-0.3, -0.25) is 4.79 Å². The minimum atomic E-state index is 0.0455. The monoisotopic (exact) mass is 268 g/mol. The fourth-order valence-electron chi connectivity index (χ4n) is 1.92. The minimum Gasteiger partial charge on any atom is -0.493 e. The van der Waals surface area contributed by atoms with Crippen LogP contribution in [-0.4, -0.2) is 12.4 Å². The Bertz CT molecular complexity index is 583. The molecule has 0 aromatic heterocycles. The van der Waals surface area contributed by atoms with Gasteiger partial charge in [0.15, 0.2) is 5.78 Å². The topological polar surface area (TPSA) is 26.3 Å². The van der Waals surface area contributed by atoms with Crippen LogP contribution in [-0.2, 0) is 0 Å². The van der Waals surface area contributed by atoms with Gasteiger partial charge in [-0.15, -0.1) is 0 Å². The Morgan fingerprint density at radius 1 is 1.05 bits per heavy atom. The van der Waals surface area contributed by atoms with Gasteiger partial charge in [0.25, 0.3) is 0 Å². The lowest BCUT2D eigenvalue weighted by Gasteiger charge is -2.09. The largest absolute Gasteiger partial charge is 0.493 e. The van der Waals surface area contributed by atoms with Crippen molar-refractivity contribution in [2.24, 2.45) is 5.92 Å². The normalized spacial score (nSPS) is 10.6. The Balaban J connectivity index is 2.11. The summed E-state index contributed by atoms with van der Waals surface area (Å²) >= 11 is 0. The van der Waals surface area contributed by atoms with E-state index in [2.05, 4.69) is 13.8 Å². The van der Waals surface area contributed by atoms with E-state index in [0.717, 1.165) is 16.9 Å². The molecule has 0 radical (unpaired) electrons. The van der Waals surface area contributed by atoms with Gasteiger partial charge in [-0.1, -0.05) is 37.6 Å². The van der Waals surface area contributed by atoms with Gasteiger partial charge in [0.1, 0.15) is 5.75 Å². The molecule has 0 saturated heterocycles. The number of ether oxygens (including phenoxy) is 1. The summed E-state index contributed by atoms with van der Waals surface area (Å²) in [5, 5.41) is 0. The summed E-state index contributed by atoms with van der Waals surface area (Å²) in [6.45, 7) is 6.88. The van der Waals surface area contributed by atoms with Gasteiger partial charge in [0.2, 0.25) is 0 Å². The number of hydrogen-bond donors (Lipinski definition) is 0. The summed E-state index contributed by atoms with van der Waals surface area (Å²) < 4.78 is 5.62. The second-order valence-corrected chi connectivity index (χ2v) is 5.43. The van der Waals surface area contributed by atoms with E-state index < -0.39 is 0 Å². The summed E-state index contributed by atoms with van der Waals surface area (Å²) in [7, 11) is 0. The van der Waals surface area contributed by atoms with Gasteiger partial charge in [0.05, 0.1) is 6.61 Å². The molecule has 0 unspecified atom stereocenters. The van der Waals surface area contributed by atoms with Crippen molar-refractivity contribution in [1.82, 2.24) is 0 Å². The second kappa shape index (κ2) is 6.38. The summed E-state index contributed by atoms with van der Waals surface area (Å²) in [4.78, 5) is 12.3. The lowest BCUT2D eigenvalue weighted by atomic mass is 10.0. The molecule has 104 valence electrons. The predicted molar refractivity (Wildman–Crippen MR) is 81.4 cm³/mol. The molecular weight excluding hydrogens is 248 g/mol. The third-order valence-corrected chi connectivity index (χ3v) is 2.98. The maximum Gasteiger partial charge on any atom is 0.193 e. The molecule has 0 aliphatic heterocycles. The smallest absolute Gasteiger partial charge is 0.193 e. The molecule has 0 N–H and O–H groups in total. The van der Waals surface area contributed by atoms with Crippen molar-refractivity contribution < 1.29 is 9.53 Å². The molecular formula is C18H20O2. The van der Waals surface area contributed by atoms with Gasteiger partial charge in [-0.05, 0) is 43.2 Å². The summed E-state index contributed by atoms with van der Waals surface area (Å²) in [6, 6.07) is 15.0. The molecule has 0 spiro atoms. The summed E-state index contributed by atoms with van der Waals surface area (Å²) in [5.74, 6) is 1.34. The summed E-state index contributed by atoms with van der Waals surface area (Å²) in [5.41, 5.74) is 2.50. The third kappa shape index (κ3) is 3.70. The molecule has 0 bridgehead atoms. The molecule has 0 aliphatic rings. The number of ketones is 1. The van der Waals surface area contributed by atoms with Gasteiger partial charge in [-0.2, -0.15) is 0 Å². The van der Waals surface area contributed by atoms with E-state index in [-0.39, 0.29) is 5.78 Å². The van der Waals surface area contributed by atoms with Gasteiger partial charge < -0.3 is 4.74 Å². The van der Waals surface area contributed by atoms with E-state index in [1.807, 2.05) is 55.5 Å². The highest BCUT2D eigenvalue weighted by Crippen LogP contribution is 2.16. The standard InChI is InChI=1S/C18H20O2/c1-13(2)12-20-17-9-7-15(8-10-17)18(19)16-6-4-5-14(3)11-16/h4-11,13H,12H2,1-3H3. The highest BCUT2D eigenvalue weighted by atomic mass is 16.5. The van der Waals surface area contributed by atoms with Crippen LogP contribution in [0.3, 0.4) is 0 Å². The van der Waals surface area contributed by atoms with Crippen LogP contribution < -0.4 is 4.74 Å². The first kappa shape index (κ1) is 14.3. The maximum atomic E-state index is 12.3. The zero-order chi connectivity index (χ0) is 14.5. The van der Waals surface area contributed by atoms with Crippen molar-refractivity contribution >= 4 is 5.78 Å². The van der Waals surface area contributed by atoms with Gasteiger partial charge >= 0.3 is 0 Å². The first-order chi connectivity index (χ1) is 9.56. The highest BCUT2D eigenvalue weighted by Gasteiger charge is 2.09. The molecule has 0 aliphatic carbocycles. The van der Waals surface area contributed by atoms with Crippen molar-refractivity contribution in [3.63, 3.8) is 0 Å². The lowest BCUT2D eigenvalue weighted by molar-refractivity contribution is 0.103. The fourth-order valence-corrected chi connectivity index (χ4v) is 1.92. The van der Waals surface area contributed by atoms with Gasteiger partial charge in [0, 0.05) is 11.1 Å². The van der Waals surface area contributed by atoms with Crippen molar-refractivity contribution in [3.05, 3.63) is 65.2 Å². The molecule has 2 aromatic carbocycles. The van der Waals surface area contributed by atoms with E-state index >= 15 is 0 Å². The predicted octanol–water partition coefficient (Wildman–Crippen LogP) is 4.26. The lowest BCUT2D eigenvalue weighted by Crippen LogP contribution is -2.05. The Morgan fingerprint density at radius 3 is 2.35 bits per heavy atom. The molecule has 0 atom stereocenters. The highest BCUT2D eigenvalue weighted by molar-refractivity contribution is 6.09. The molecule has 20 heavy (non-hydrogen) atoms. The zero-order valence-corrected chi connectivity index (χ0v) is 12.2. The van der Waals surface area contributed by atoms with Crippen LogP contribution in [0, 0.1) is 12.8 Å². The van der Waals surface area contributed by atoms with Crippen molar-refractivity contribution in [1.29, 1.82) is 0 Å². The van der Waals surface area contributed by atoms with Crippen molar-refractivity contribution in [2.45, 2.75) is 20.8 Å². The van der Waals surface area contributed by atoms with Crippen molar-refractivity contribution in [3.8, 4) is 5.75 Å². The zero-order valence-electron chi connectivity index (χ0n) is 12.2. The number of benzene rings is 2. The van der Waals surface area contributed by atoms with E-state index in [0.29, 0.717) is 18.1 Å². The molecule has 2 rings (SSSR count). The van der Waals surface area contributed by atoms with E-state index in [1.54, 1.807) is 0 Å². The first-order valence-corrected chi connectivity index (χ1v) is 6.90. The Hall–Kier alpha value is -2.09.